The number of hydrogen-bond acceptors (Lipinski definition) is 5. The largest absolute Gasteiger partial charge is 0.494 e. The second-order valence-electron chi connectivity index (χ2n) is 12.7. The van der Waals surface area contributed by atoms with E-state index in [0.29, 0.717) is 31.1 Å². The monoisotopic (exact) mass is 537 g/mol. The van der Waals surface area contributed by atoms with Gasteiger partial charge in [0.15, 0.2) is 17.3 Å². The molecule has 1 aliphatic carbocycles. The Morgan fingerprint density at radius 3 is 2.28 bits per heavy atom. The van der Waals surface area contributed by atoms with Crippen LogP contribution in [0.4, 0.5) is 10.1 Å². The average Bonchev–Trinajstić information content (AvgIpc) is 3.42. The third kappa shape index (κ3) is 4.72. The molecule has 1 N–H and O–H groups in total. The van der Waals surface area contributed by atoms with Crippen LogP contribution < -0.4 is 19.1 Å². The molecule has 1 saturated carbocycles. The van der Waals surface area contributed by atoms with Crippen LogP contribution in [0.25, 0.3) is 0 Å². The van der Waals surface area contributed by atoms with E-state index in [1.165, 1.54) is 23.2 Å². The number of amidine groups is 1. The Kier molecular flexibility index (Phi) is 7.01. The molecule has 1 saturated heterocycles. The van der Waals surface area contributed by atoms with Crippen LogP contribution >= 0.6 is 0 Å². The second-order valence-corrected chi connectivity index (χ2v) is 12.7. The van der Waals surface area contributed by atoms with Gasteiger partial charge in [-0.2, -0.15) is 0 Å². The number of nitrogens with one attached hydrogen (secondary N) is 1. The highest BCUT2D eigenvalue weighted by atomic mass is 19.1. The van der Waals surface area contributed by atoms with Crippen molar-refractivity contribution in [3.8, 4) is 17.2 Å². The van der Waals surface area contributed by atoms with E-state index in [2.05, 4.69) is 51.7 Å². The van der Waals surface area contributed by atoms with Gasteiger partial charge in [0, 0.05) is 25.2 Å². The Morgan fingerprint density at radius 1 is 1.03 bits per heavy atom. The number of rotatable bonds is 9. The summed E-state index contributed by atoms with van der Waals surface area (Å²) in [7, 11) is 1.78. The molecule has 2 unspecified atom stereocenters. The van der Waals surface area contributed by atoms with Crippen molar-refractivity contribution in [3.05, 3.63) is 46.3 Å². The molecular weight excluding hydrogens is 493 g/mol. The van der Waals surface area contributed by atoms with Crippen LogP contribution in [0.2, 0.25) is 0 Å². The van der Waals surface area contributed by atoms with Crippen molar-refractivity contribution in [3.63, 3.8) is 0 Å². The molecule has 39 heavy (non-hydrogen) atoms. The van der Waals surface area contributed by atoms with Crippen molar-refractivity contribution in [1.82, 2.24) is 4.90 Å². The first-order chi connectivity index (χ1) is 18.4. The molecule has 3 aliphatic rings. The average molecular weight is 538 g/mol. The fourth-order valence-electron chi connectivity index (χ4n) is 6.47. The fraction of sp³-hybridized carbons (Fsp3) is 0.594. The van der Waals surface area contributed by atoms with E-state index in [1.54, 1.807) is 7.11 Å². The molecule has 7 heteroatoms. The number of hydrogen-bond donors (Lipinski definition) is 1. The molecule has 2 aromatic carbocycles. The third-order valence-electron chi connectivity index (χ3n) is 8.70. The molecule has 6 nitrogen and oxygen atoms in total. The first kappa shape index (κ1) is 27.6. The molecule has 0 radical (unpaired) electrons. The molecule has 0 amide bonds. The van der Waals surface area contributed by atoms with E-state index >= 15 is 4.39 Å². The highest BCUT2D eigenvalue weighted by Gasteiger charge is 2.46. The minimum absolute atomic E-state index is 0.0803. The van der Waals surface area contributed by atoms with E-state index in [0.717, 1.165) is 42.7 Å². The van der Waals surface area contributed by atoms with Crippen LogP contribution in [0, 0.1) is 23.1 Å². The molecule has 2 heterocycles. The van der Waals surface area contributed by atoms with Gasteiger partial charge in [0.2, 0.25) is 0 Å². The number of benzene rings is 2. The van der Waals surface area contributed by atoms with Crippen molar-refractivity contribution >= 4 is 11.5 Å². The Labute approximate surface area is 232 Å². The Bertz CT molecular complexity index is 1270. The summed E-state index contributed by atoms with van der Waals surface area (Å²) >= 11 is 0. The molecule has 2 aliphatic heterocycles. The minimum Gasteiger partial charge on any atom is -0.494 e. The number of piperidine rings is 1. The number of fused-ring (bicyclic) bond motifs is 2. The maximum Gasteiger partial charge on any atom is 0.197 e. The van der Waals surface area contributed by atoms with Gasteiger partial charge in [-0.1, -0.05) is 26.8 Å². The molecule has 2 atom stereocenters. The van der Waals surface area contributed by atoms with E-state index < -0.39 is 11.4 Å². The number of nitrogens with zero attached hydrogens (tertiary/aromatic N) is 2. The summed E-state index contributed by atoms with van der Waals surface area (Å²) < 4.78 is 33.2. The lowest BCUT2D eigenvalue weighted by Gasteiger charge is -2.34. The van der Waals surface area contributed by atoms with Crippen LogP contribution in [-0.4, -0.2) is 50.7 Å². The van der Waals surface area contributed by atoms with Crippen molar-refractivity contribution in [2.24, 2.45) is 11.8 Å². The first-order valence-corrected chi connectivity index (χ1v) is 14.4. The van der Waals surface area contributed by atoms with Crippen molar-refractivity contribution in [2.75, 3.05) is 44.9 Å². The maximum absolute atomic E-state index is 15.8. The summed E-state index contributed by atoms with van der Waals surface area (Å²) in [6, 6.07) is 6.41. The van der Waals surface area contributed by atoms with Crippen LogP contribution in [-0.2, 0) is 17.4 Å². The summed E-state index contributed by atoms with van der Waals surface area (Å²) in [6.45, 7) is 18.0. The van der Waals surface area contributed by atoms with Gasteiger partial charge in [-0.15, -0.1) is 0 Å². The van der Waals surface area contributed by atoms with Crippen LogP contribution in [0.1, 0.15) is 77.1 Å². The first-order valence-electron chi connectivity index (χ1n) is 14.4. The van der Waals surface area contributed by atoms with Gasteiger partial charge < -0.3 is 24.0 Å². The Balaban J connectivity index is 1.47. The maximum atomic E-state index is 15.8. The summed E-state index contributed by atoms with van der Waals surface area (Å²) in [5.41, 5.74) is 4.02. The smallest absolute Gasteiger partial charge is 0.197 e. The van der Waals surface area contributed by atoms with Gasteiger partial charge in [-0.25, -0.2) is 4.39 Å². The summed E-state index contributed by atoms with van der Waals surface area (Å²) in [4.78, 5) is 4.51. The van der Waals surface area contributed by atoms with E-state index in [4.69, 9.17) is 19.6 Å². The highest BCUT2D eigenvalue weighted by Crippen LogP contribution is 2.50. The van der Waals surface area contributed by atoms with E-state index in [-0.39, 0.29) is 17.0 Å². The topological polar surface area (TPSA) is 58.0 Å². The SMILES string of the molecule is CCOc1cc2c(c(F)c1OCC)C(=N)N(CCc1cc(N3CC4CC4C3)c(OC)c(C(C)(C)C)c1)C2(C)C. The van der Waals surface area contributed by atoms with E-state index in [1.807, 2.05) is 24.8 Å². The molecule has 212 valence electrons. The molecule has 0 aromatic heterocycles. The number of anilines is 1. The minimum atomic E-state index is -0.567. The van der Waals surface area contributed by atoms with Gasteiger partial charge >= 0.3 is 0 Å². The Morgan fingerprint density at radius 2 is 1.69 bits per heavy atom. The molecule has 5 rings (SSSR count). The zero-order valence-corrected chi connectivity index (χ0v) is 24.8. The summed E-state index contributed by atoms with van der Waals surface area (Å²) in [6.07, 6.45) is 2.09. The van der Waals surface area contributed by atoms with Crippen LogP contribution in [0.3, 0.4) is 0 Å². The standard InChI is InChI=1S/C32H44FN3O3/c1-9-38-25-16-22-26(27(33)29(25)39-10-2)30(34)36(32(22,6)7)12-11-19-13-23(31(3,4)5)28(37-8)24(14-19)35-17-20-15-21(20)18-35/h13-14,16,20-21,34H,9-12,15,17-18H2,1-8H3. The predicted molar refractivity (Wildman–Crippen MR) is 155 cm³/mol. The summed E-state index contributed by atoms with van der Waals surface area (Å²) in [5.74, 6) is 2.80. The zero-order valence-electron chi connectivity index (χ0n) is 24.8. The van der Waals surface area contributed by atoms with Gasteiger partial charge in [-0.3, -0.25) is 5.41 Å². The second kappa shape index (κ2) is 9.90. The third-order valence-corrected chi connectivity index (χ3v) is 8.70. The lowest BCUT2D eigenvalue weighted by atomic mass is 9.84. The highest BCUT2D eigenvalue weighted by molar-refractivity contribution is 6.02. The number of halogens is 1. The lowest BCUT2D eigenvalue weighted by Crippen LogP contribution is -2.40. The molecule has 2 fully saturated rings. The van der Waals surface area contributed by atoms with E-state index in [9.17, 15) is 0 Å². The number of methoxy groups -OCH3 is 1. The van der Waals surface area contributed by atoms with Gasteiger partial charge in [0.1, 0.15) is 11.6 Å². The summed E-state index contributed by atoms with van der Waals surface area (Å²) in [5, 5.41) is 9.02. The lowest BCUT2D eigenvalue weighted by molar-refractivity contribution is 0.231. The fourth-order valence-corrected chi connectivity index (χ4v) is 6.47. The van der Waals surface area contributed by atoms with Crippen LogP contribution in [0.15, 0.2) is 18.2 Å². The molecule has 2 aromatic rings. The normalized spacial score (nSPS) is 21.2. The van der Waals surface area contributed by atoms with Crippen molar-refractivity contribution < 1.29 is 18.6 Å². The van der Waals surface area contributed by atoms with Crippen molar-refractivity contribution in [2.45, 2.75) is 72.3 Å². The Hall–Kier alpha value is -2.96. The van der Waals surface area contributed by atoms with Gasteiger partial charge in [0.05, 0.1) is 37.1 Å². The van der Waals surface area contributed by atoms with Crippen molar-refractivity contribution in [1.29, 1.82) is 5.41 Å². The molecule has 0 bridgehead atoms. The quantitative estimate of drug-likeness (QED) is 0.396. The predicted octanol–water partition coefficient (Wildman–Crippen LogP) is 6.50. The van der Waals surface area contributed by atoms with Gasteiger partial charge in [0.25, 0.3) is 0 Å². The number of ether oxygens (including phenoxy) is 3. The zero-order chi connectivity index (χ0) is 28.3. The van der Waals surface area contributed by atoms with Gasteiger partial charge in [-0.05, 0) is 81.0 Å². The van der Waals surface area contributed by atoms with Crippen LogP contribution in [0.5, 0.6) is 17.2 Å². The molecular formula is C32H44FN3O3. The molecule has 0 spiro atoms.